The molecule has 1 aliphatic rings. The molecule has 0 radical (unpaired) electrons. The number of allylic oxidation sites excluding steroid dienone is 2. The molecule has 6 heteroatoms. The first-order valence-electron chi connectivity index (χ1n) is 7.11. The number of carbonyl (C=O) groups excluding carboxylic acids is 2. The Labute approximate surface area is 123 Å². The van der Waals surface area contributed by atoms with Gasteiger partial charge >= 0.3 is 6.03 Å². The molecular weight excluding hydrogens is 268 g/mol. The number of anilines is 1. The second kappa shape index (κ2) is 7.42. The van der Waals surface area contributed by atoms with Crippen LogP contribution in [0.3, 0.4) is 0 Å². The molecule has 21 heavy (non-hydrogen) atoms. The van der Waals surface area contributed by atoms with Crippen molar-refractivity contribution in [2.75, 3.05) is 11.9 Å². The Balaban J connectivity index is 1.77. The van der Waals surface area contributed by atoms with Gasteiger partial charge in [-0.3, -0.25) is 4.79 Å². The average molecular weight is 288 g/mol. The van der Waals surface area contributed by atoms with E-state index in [2.05, 4.69) is 27.8 Å². The summed E-state index contributed by atoms with van der Waals surface area (Å²) in [5.74, 6) is -0.0749. The van der Waals surface area contributed by atoms with Crippen LogP contribution in [0.2, 0.25) is 0 Å². The van der Waals surface area contributed by atoms with Gasteiger partial charge in [0.05, 0.1) is 11.9 Å². The second-order valence-electron chi connectivity index (χ2n) is 5.12. The van der Waals surface area contributed by atoms with Crippen LogP contribution in [0.5, 0.6) is 0 Å². The number of primary amides is 1. The molecule has 0 atom stereocenters. The van der Waals surface area contributed by atoms with E-state index in [1.165, 1.54) is 12.3 Å². The number of hydrogen-bond acceptors (Lipinski definition) is 3. The van der Waals surface area contributed by atoms with Crippen LogP contribution < -0.4 is 16.4 Å². The monoisotopic (exact) mass is 288 g/mol. The highest BCUT2D eigenvalue weighted by molar-refractivity contribution is 5.92. The number of nitrogens with two attached hydrogens (primary N) is 1. The van der Waals surface area contributed by atoms with Crippen LogP contribution in [0.25, 0.3) is 0 Å². The van der Waals surface area contributed by atoms with Gasteiger partial charge in [-0.2, -0.15) is 0 Å². The van der Waals surface area contributed by atoms with Crippen LogP contribution in [-0.2, 0) is 0 Å². The summed E-state index contributed by atoms with van der Waals surface area (Å²) in [6, 6.07) is 2.82. The van der Waals surface area contributed by atoms with Gasteiger partial charge in [0, 0.05) is 6.54 Å². The molecule has 2 rings (SSSR count). The number of pyridine rings is 1. The van der Waals surface area contributed by atoms with Crippen LogP contribution >= 0.6 is 0 Å². The van der Waals surface area contributed by atoms with Gasteiger partial charge in [0.15, 0.2) is 0 Å². The SMILES string of the molecule is NC(=O)c1ccc(NC(=O)NCC2CCC=CCC2)cn1. The lowest BCUT2D eigenvalue weighted by Crippen LogP contribution is -2.33. The normalized spacial score (nSPS) is 15.2. The molecule has 0 spiro atoms. The predicted molar refractivity (Wildman–Crippen MR) is 80.9 cm³/mol. The van der Waals surface area contributed by atoms with Crippen molar-refractivity contribution in [2.45, 2.75) is 25.7 Å². The summed E-state index contributed by atoms with van der Waals surface area (Å²) in [6.45, 7) is 0.667. The molecule has 4 N–H and O–H groups in total. The topological polar surface area (TPSA) is 97.1 Å². The fraction of sp³-hybridized carbons (Fsp3) is 0.400. The maximum atomic E-state index is 11.8. The van der Waals surface area contributed by atoms with Gasteiger partial charge in [0.1, 0.15) is 5.69 Å². The molecular formula is C15H20N4O2. The van der Waals surface area contributed by atoms with Crippen LogP contribution in [0.15, 0.2) is 30.5 Å². The molecule has 1 aromatic heterocycles. The molecule has 0 unspecified atom stereocenters. The molecule has 0 saturated heterocycles. The molecule has 0 aliphatic heterocycles. The highest BCUT2D eigenvalue weighted by Crippen LogP contribution is 2.17. The number of hydrogen-bond donors (Lipinski definition) is 3. The molecule has 0 aromatic carbocycles. The average Bonchev–Trinajstić information content (AvgIpc) is 2.74. The van der Waals surface area contributed by atoms with Gasteiger partial charge in [0.2, 0.25) is 0 Å². The number of urea groups is 1. The van der Waals surface area contributed by atoms with Crippen molar-refractivity contribution in [3.05, 3.63) is 36.2 Å². The summed E-state index contributed by atoms with van der Waals surface area (Å²) in [6.07, 6.45) is 10.2. The minimum atomic E-state index is -0.590. The van der Waals surface area contributed by atoms with Gasteiger partial charge in [-0.1, -0.05) is 12.2 Å². The quantitative estimate of drug-likeness (QED) is 0.740. The summed E-state index contributed by atoms with van der Waals surface area (Å²) < 4.78 is 0. The molecule has 0 bridgehead atoms. The third-order valence-corrected chi connectivity index (χ3v) is 3.47. The Morgan fingerprint density at radius 3 is 2.52 bits per heavy atom. The lowest BCUT2D eigenvalue weighted by Gasteiger charge is -2.15. The predicted octanol–water partition coefficient (Wildman–Crippen LogP) is 2.05. The number of nitrogens with one attached hydrogen (secondary N) is 2. The summed E-state index contributed by atoms with van der Waals surface area (Å²) in [5, 5.41) is 5.55. The smallest absolute Gasteiger partial charge is 0.319 e. The van der Waals surface area contributed by atoms with E-state index in [9.17, 15) is 9.59 Å². The maximum Gasteiger partial charge on any atom is 0.319 e. The van der Waals surface area contributed by atoms with Crippen LogP contribution in [0, 0.1) is 5.92 Å². The number of nitrogens with zero attached hydrogens (tertiary/aromatic N) is 1. The van der Waals surface area contributed by atoms with E-state index < -0.39 is 5.91 Å². The lowest BCUT2D eigenvalue weighted by atomic mass is 10.0. The van der Waals surface area contributed by atoms with Crippen LogP contribution in [-0.4, -0.2) is 23.5 Å². The fourth-order valence-corrected chi connectivity index (χ4v) is 2.27. The van der Waals surface area contributed by atoms with Gasteiger partial charge in [-0.15, -0.1) is 0 Å². The van der Waals surface area contributed by atoms with Gasteiger partial charge in [0.25, 0.3) is 5.91 Å². The Kier molecular flexibility index (Phi) is 5.31. The van der Waals surface area contributed by atoms with Crippen molar-refractivity contribution < 1.29 is 9.59 Å². The van der Waals surface area contributed by atoms with Crippen molar-refractivity contribution in [3.8, 4) is 0 Å². The highest BCUT2D eigenvalue weighted by Gasteiger charge is 2.11. The Bertz CT molecular complexity index is 515. The molecule has 1 aromatic rings. The molecule has 3 amide bonds. The minimum Gasteiger partial charge on any atom is -0.364 e. The van der Waals surface area contributed by atoms with E-state index in [0.717, 1.165) is 25.7 Å². The van der Waals surface area contributed by atoms with Crippen molar-refractivity contribution >= 4 is 17.6 Å². The summed E-state index contributed by atoms with van der Waals surface area (Å²) in [4.78, 5) is 26.6. The Hall–Kier alpha value is -2.37. The zero-order chi connectivity index (χ0) is 15.1. The van der Waals surface area contributed by atoms with Crippen molar-refractivity contribution in [2.24, 2.45) is 11.7 Å². The second-order valence-corrected chi connectivity index (χ2v) is 5.12. The number of rotatable bonds is 4. The minimum absolute atomic E-state index is 0.173. The van der Waals surface area contributed by atoms with Gasteiger partial charge in [-0.05, 0) is 43.7 Å². The molecule has 112 valence electrons. The Morgan fingerprint density at radius 2 is 1.95 bits per heavy atom. The van der Waals surface area contributed by atoms with E-state index in [-0.39, 0.29) is 11.7 Å². The van der Waals surface area contributed by atoms with Gasteiger partial charge in [-0.25, -0.2) is 9.78 Å². The van der Waals surface area contributed by atoms with Crippen LogP contribution in [0.1, 0.15) is 36.2 Å². The molecule has 6 nitrogen and oxygen atoms in total. The van der Waals surface area contributed by atoms with Crippen molar-refractivity contribution in [1.29, 1.82) is 0 Å². The van der Waals surface area contributed by atoms with E-state index in [0.29, 0.717) is 18.2 Å². The summed E-state index contributed by atoms with van der Waals surface area (Å²) in [7, 11) is 0. The van der Waals surface area contributed by atoms with E-state index in [1.54, 1.807) is 6.07 Å². The molecule has 1 aliphatic carbocycles. The summed E-state index contributed by atoms with van der Waals surface area (Å²) in [5.41, 5.74) is 5.80. The first-order valence-corrected chi connectivity index (χ1v) is 7.11. The standard InChI is InChI=1S/C15H20N4O2/c16-14(20)13-8-7-12(10-17-13)19-15(21)18-9-11-5-3-1-2-4-6-11/h1-2,7-8,10-11H,3-6,9H2,(H2,16,20)(H2,18,19,21). The van der Waals surface area contributed by atoms with Crippen LogP contribution in [0.4, 0.5) is 10.5 Å². The molecule has 1 heterocycles. The summed E-state index contributed by atoms with van der Waals surface area (Å²) >= 11 is 0. The zero-order valence-electron chi connectivity index (χ0n) is 11.8. The Morgan fingerprint density at radius 1 is 1.24 bits per heavy atom. The highest BCUT2D eigenvalue weighted by atomic mass is 16.2. The van der Waals surface area contributed by atoms with E-state index >= 15 is 0 Å². The van der Waals surface area contributed by atoms with E-state index in [4.69, 9.17) is 5.73 Å². The van der Waals surface area contributed by atoms with Crippen molar-refractivity contribution in [3.63, 3.8) is 0 Å². The lowest BCUT2D eigenvalue weighted by molar-refractivity contribution is 0.0995. The number of aromatic nitrogens is 1. The number of carbonyl (C=O) groups is 2. The van der Waals surface area contributed by atoms with Gasteiger partial charge < -0.3 is 16.4 Å². The van der Waals surface area contributed by atoms with Crippen molar-refractivity contribution in [1.82, 2.24) is 10.3 Å². The van der Waals surface area contributed by atoms with E-state index in [1.807, 2.05) is 0 Å². The zero-order valence-corrected chi connectivity index (χ0v) is 11.8. The molecule has 0 fully saturated rings. The number of amides is 3. The maximum absolute atomic E-state index is 11.8. The fourth-order valence-electron chi connectivity index (χ4n) is 2.27. The third kappa shape index (κ3) is 4.91. The third-order valence-electron chi connectivity index (χ3n) is 3.47. The first-order chi connectivity index (χ1) is 10.1. The first kappa shape index (κ1) is 15.0. The largest absolute Gasteiger partial charge is 0.364 e. The molecule has 0 saturated carbocycles.